The lowest BCUT2D eigenvalue weighted by molar-refractivity contribution is -0.384. The van der Waals surface area contributed by atoms with Gasteiger partial charge in [-0.1, -0.05) is 18.2 Å². The first-order valence-corrected chi connectivity index (χ1v) is 9.95. The van der Waals surface area contributed by atoms with E-state index in [1.807, 2.05) is 12.3 Å². The zero-order valence-electron chi connectivity index (χ0n) is 16.4. The van der Waals surface area contributed by atoms with Crippen LogP contribution < -0.4 is 15.6 Å². The molecule has 31 heavy (non-hydrogen) atoms. The molecule has 0 spiro atoms. The summed E-state index contributed by atoms with van der Waals surface area (Å²) in [4.78, 5) is 38.5. The quantitative estimate of drug-likeness (QED) is 0.331. The van der Waals surface area contributed by atoms with Gasteiger partial charge in [0, 0.05) is 29.2 Å². The minimum absolute atomic E-state index is 0.0543. The predicted octanol–water partition coefficient (Wildman–Crippen LogP) is 3.41. The predicted molar refractivity (Wildman–Crippen MR) is 115 cm³/mol. The molecule has 0 atom stereocenters. The number of thiazole rings is 1. The van der Waals surface area contributed by atoms with Crippen LogP contribution in [0.4, 0.5) is 5.69 Å². The van der Waals surface area contributed by atoms with Gasteiger partial charge in [-0.25, -0.2) is 4.98 Å². The third-order valence-corrected chi connectivity index (χ3v) is 4.78. The summed E-state index contributed by atoms with van der Waals surface area (Å²) in [6.45, 7) is 2.28. The van der Waals surface area contributed by atoms with Crippen molar-refractivity contribution < 1.29 is 19.2 Å². The molecule has 0 unspecified atom stereocenters. The Morgan fingerprint density at radius 1 is 1.19 bits per heavy atom. The summed E-state index contributed by atoms with van der Waals surface area (Å²) < 4.78 is 5.71. The van der Waals surface area contributed by atoms with Crippen LogP contribution >= 0.6 is 11.3 Å². The minimum Gasteiger partial charge on any atom is -0.487 e. The van der Waals surface area contributed by atoms with Crippen molar-refractivity contribution in [3.63, 3.8) is 0 Å². The van der Waals surface area contributed by atoms with Gasteiger partial charge in [0.05, 0.1) is 15.6 Å². The first-order chi connectivity index (χ1) is 14.9. The van der Waals surface area contributed by atoms with E-state index in [9.17, 15) is 19.7 Å². The SMILES string of the molecule is Cc1nc(COc2cccc(C=CC(=O)NNC(=O)c3cccc([N+](=O)[O-])c3)c2)cs1. The van der Waals surface area contributed by atoms with Crippen LogP contribution in [0, 0.1) is 17.0 Å². The van der Waals surface area contributed by atoms with E-state index in [1.54, 1.807) is 41.7 Å². The standard InChI is InChI=1S/C21H18N4O5S/c1-14-22-17(13-31-14)12-30-19-7-2-4-15(10-19)8-9-20(26)23-24-21(27)16-5-3-6-18(11-16)25(28)29/h2-11,13H,12H2,1H3,(H,23,26)(H,24,27). The lowest BCUT2D eigenvalue weighted by Gasteiger charge is -2.06. The highest BCUT2D eigenvalue weighted by Gasteiger charge is 2.11. The van der Waals surface area contributed by atoms with Gasteiger partial charge in [0.15, 0.2) is 0 Å². The molecule has 0 fully saturated rings. The maximum atomic E-state index is 12.0. The second-order valence-electron chi connectivity index (χ2n) is 6.30. The van der Waals surface area contributed by atoms with Gasteiger partial charge in [-0.3, -0.25) is 30.6 Å². The number of nitro benzene ring substituents is 1. The van der Waals surface area contributed by atoms with E-state index in [4.69, 9.17) is 4.74 Å². The fraction of sp³-hybridized carbons (Fsp3) is 0.0952. The van der Waals surface area contributed by atoms with Gasteiger partial charge in [0.25, 0.3) is 17.5 Å². The molecule has 9 nitrogen and oxygen atoms in total. The molecule has 0 radical (unpaired) electrons. The first-order valence-electron chi connectivity index (χ1n) is 9.07. The number of amides is 2. The summed E-state index contributed by atoms with van der Waals surface area (Å²) in [6, 6.07) is 12.3. The number of hydrogen-bond donors (Lipinski definition) is 2. The Labute approximate surface area is 181 Å². The van der Waals surface area contributed by atoms with E-state index >= 15 is 0 Å². The first kappa shape index (κ1) is 21.7. The minimum atomic E-state index is -0.668. The number of carbonyl (C=O) groups is 2. The number of aromatic nitrogens is 1. The average Bonchev–Trinajstić information content (AvgIpc) is 3.20. The molecular formula is C21H18N4O5S. The normalized spacial score (nSPS) is 10.6. The molecule has 2 N–H and O–H groups in total. The van der Waals surface area contributed by atoms with Gasteiger partial charge in [-0.05, 0) is 36.8 Å². The van der Waals surface area contributed by atoms with Crippen LogP contribution in [0.2, 0.25) is 0 Å². The third-order valence-electron chi connectivity index (χ3n) is 3.96. The van der Waals surface area contributed by atoms with Crippen molar-refractivity contribution in [2.45, 2.75) is 13.5 Å². The van der Waals surface area contributed by atoms with Crippen molar-refractivity contribution in [1.29, 1.82) is 0 Å². The van der Waals surface area contributed by atoms with E-state index in [2.05, 4.69) is 15.8 Å². The number of nitro groups is 1. The Hall–Kier alpha value is -4.05. The average molecular weight is 438 g/mol. The van der Waals surface area contributed by atoms with Crippen molar-refractivity contribution in [2.75, 3.05) is 0 Å². The molecule has 0 aliphatic heterocycles. The molecule has 0 bridgehead atoms. The largest absolute Gasteiger partial charge is 0.487 e. The van der Waals surface area contributed by atoms with Gasteiger partial charge in [-0.2, -0.15) is 0 Å². The molecule has 2 amide bonds. The zero-order valence-corrected chi connectivity index (χ0v) is 17.2. The van der Waals surface area contributed by atoms with Crippen LogP contribution in [0.5, 0.6) is 5.75 Å². The molecule has 0 saturated heterocycles. The van der Waals surface area contributed by atoms with Crippen molar-refractivity contribution in [1.82, 2.24) is 15.8 Å². The number of non-ortho nitro benzene ring substituents is 1. The summed E-state index contributed by atoms with van der Waals surface area (Å²) >= 11 is 1.55. The summed E-state index contributed by atoms with van der Waals surface area (Å²) in [5.74, 6) is -0.603. The van der Waals surface area contributed by atoms with Crippen LogP contribution in [0.3, 0.4) is 0 Å². The third kappa shape index (κ3) is 6.47. The maximum Gasteiger partial charge on any atom is 0.270 e. The highest BCUT2D eigenvalue weighted by Crippen LogP contribution is 2.17. The Morgan fingerprint density at radius 2 is 2.00 bits per heavy atom. The molecule has 158 valence electrons. The molecule has 1 aromatic heterocycles. The van der Waals surface area contributed by atoms with Crippen LogP contribution in [0.1, 0.15) is 26.6 Å². The number of hydrogen-bond acceptors (Lipinski definition) is 7. The number of carbonyl (C=O) groups excluding carboxylic acids is 2. The Balaban J connectivity index is 1.52. The van der Waals surface area contributed by atoms with Crippen LogP contribution in [0.25, 0.3) is 6.08 Å². The number of benzene rings is 2. The van der Waals surface area contributed by atoms with Crippen molar-refractivity contribution >= 4 is 34.9 Å². The molecule has 10 heteroatoms. The number of ether oxygens (including phenoxy) is 1. The molecule has 0 aliphatic rings. The molecular weight excluding hydrogens is 420 g/mol. The smallest absolute Gasteiger partial charge is 0.270 e. The van der Waals surface area contributed by atoms with Crippen molar-refractivity contribution in [3.8, 4) is 5.75 Å². The molecule has 1 heterocycles. The fourth-order valence-corrected chi connectivity index (χ4v) is 3.10. The summed E-state index contributed by atoms with van der Waals surface area (Å²) in [5.41, 5.74) is 5.86. The van der Waals surface area contributed by atoms with Gasteiger partial charge in [-0.15, -0.1) is 11.3 Å². The van der Waals surface area contributed by atoms with E-state index < -0.39 is 16.7 Å². The number of hydrazine groups is 1. The zero-order chi connectivity index (χ0) is 22.2. The molecule has 0 aliphatic carbocycles. The van der Waals surface area contributed by atoms with Gasteiger partial charge in [0.1, 0.15) is 12.4 Å². The topological polar surface area (TPSA) is 123 Å². The van der Waals surface area contributed by atoms with E-state index in [0.717, 1.165) is 22.3 Å². The summed E-state index contributed by atoms with van der Waals surface area (Å²) in [6.07, 6.45) is 2.81. The lowest BCUT2D eigenvalue weighted by atomic mass is 10.2. The summed E-state index contributed by atoms with van der Waals surface area (Å²) in [5, 5.41) is 13.7. The van der Waals surface area contributed by atoms with Gasteiger partial charge in [0.2, 0.25) is 0 Å². The highest BCUT2D eigenvalue weighted by atomic mass is 32.1. The number of nitrogens with one attached hydrogen (secondary N) is 2. The molecule has 2 aromatic carbocycles. The number of nitrogens with zero attached hydrogens (tertiary/aromatic N) is 2. The second-order valence-corrected chi connectivity index (χ2v) is 7.37. The Kier molecular flexibility index (Phi) is 7.07. The van der Waals surface area contributed by atoms with E-state index in [1.165, 1.54) is 24.3 Å². The van der Waals surface area contributed by atoms with E-state index in [0.29, 0.717) is 12.4 Å². The highest BCUT2D eigenvalue weighted by molar-refractivity contribution is 7.09. The fourth-order valence-electron chi connectivity index (χ4n) is 2.50. The summed E-state index contributed by atoms with van der Waals surface area (Å²) in [7, 11) is 0. The van der Waals surface area contributed by atoms with Crippen molar-refractivity contribution in [3.05, 3.63) is 91.9 Å². The number of rotatable bonds is 7. The Bertz CT molecular complexity index is 1140. The molecule has 0 saturated carbocycles. The van der Waals surface area contributed by atoms with Gasteiger partial charge < -0.3 is 4.74 Å². The Morgan fingerprint density at radius 3 is 2.74 bits per heavy atom. The molecule has 3 aromatic rings. The van der Waals surface area contributed by atoms with E-state index in [-0.39, 0.29) is 11.3 Å². The van der Waals surface area contributed by atoms with Crippen LogP contribution in [0.15, 0.2) is 60.0 Å². The number of aryl methyl sites for hydroxylation is 1. The van der Waals surface area contributed by atoms with Crippen LogP contribution in [-0.4, -0.2) is 21.7 Å². The van der Waals surface area contributed by atoms with Gasteiger partial charge >= 0.3 is 0 Å². The van der Waals surface area contributed by atoms with Crippen LogP contribution in [-0.2, 0) is 11.4 Å². The lowest BCUT2D eigenvalue weighted by Crippen LogP contribution is -2.40. The monoisotopic (exact) mass is 438 g/mol. The second kappa shape index (κ2) is 10.1. The molecule has 3 rings (SSSR count). The van der Waals surface area contributed by atoms with Crippen molar-refractivity contribution in [2.24, 2.45) is 0 Å². The maximum absolute atomic E-state index is 12.0.